The Morgan fingerprint density at radius 2 is 2.32 bits per heavy atom. The third-order valence-corrected chi connectivity index (χ3v) is 4.37. The van der Waals surface area contributed by atoms with Crippen molar-refractivity contribution in [1.29, 1.82) is 5.26 Å². The number of thiophene rings is 1. The largest absolute Gasteiger partial charge is 0.444 e. The molecule has 0 aromatic carbocycles. The number of carbonyl (C=O) groups excluding carboxylic acids is 1. The number of ether oxygens (including phenoxy) is 1. The Morgan fingerprint density at radius 1 is 1.47 bits per heavy atom. The van der Waals surface area contributed by atoms with Crippen LogP contribution in [0.1, 0.15) is 30.1 Å². The van der Waals surface area contributed by atoms with Crippen LogP contribution in [0.15, 0.2) is 40.3 Å². The molecule has 2 N–H and O–H groups in total. The fourth-order valence-corrected chi connectivity index (χ4v) is 3.44. The zero-order valence-corrected chi connectivity index (χ0v) is 11.0. The molecule has 0 amide bonds. The van der Waals surface area contributed by atoms with Gasteiger partial charge in [-0.1, -0.05) is 6.07 Å². The molecule has 96 valence electrons. The molecular formula is C14H12N2O2S. The summed E-state index contributed by atoms with van der Waals surface area (Å²) in [4.78, 5) is 13.2. The average molecular weight is 272 g/mol. The van der Waals surface area contributed by atoms with Crippen LogP contribution >= 0.6 is 11.3 Å². The third kappa shape index (κ3) is 1.85. The van der Waals surface area contributed by atoms with Crippen molar-refractivity contribution in [3.05, 3.63) is 45.2 Å². The van der Waals surface area contributed by atoms with Gasteiger partial charge in [0, 0.05) is 23.3 Å². The minimum absolute atomic E-state index is 0.0694. The second-order valence-electron chi connectivity index (χ2n) is 4.55. The Bertz CT molecular complexity index is 635. The molecule has 3 rings (SSSR count). The van der Waals surface area contributed by atoms with Crippen LogP contribution in [0, 0.1) is 11.3 Å². The monoisotopic (exact) mass is 272 g/mol. The van der Waals surface area contributed by atoms with E-state index in [1.165, 1.54) is 11.3 Å². The van der Waals surface area contributed by atoms with E-state index in [0.29, 0.717) is 29.7 Å². The molecule has 19 heavy (non-hydrogen) atoms. The van der Waals surface area contributed by atoms with Gasteiger partial charge in [-0.15, -0.1) is 11.3 Å². The summed E-state index contributed by atoms with van der Waals surface area (Å²) in [7, 11) is 0. The molecule has 0 unspecified atom stereocenters. The van der Waals surface area contributed by atoms with Gasteiger partial charge in [0.15, 0.2) is 5.78 Å². The van der Waals surface area contributed by atoms with Gasteiger partial charge in [0.05, 0.1) is 5.92 Å². The van der Waals surface area contributed by atoms with E-state index in [2.05, 4.69) is 6.07 Å². The highest BCUT2D eigenvalue weighted by Gasteiger charge is 2.38. The van der Waals surface area contributed by atoms with Gasteiger partial charge in [0.2, 0.25) is 5.88 Å². The molecule has 2 aliphatic rings. The number of Topliss-reactive ketones (excluding diaryl/α,β-unsaturated/α-hetero) is 1. The summed E-state index contributed by atoms with van der Waals surface area (Å²) in [6.07, 6.45) is 2.01. The maximum atomic E-state index is 12.2. The topological polar surface area (TPSA) is 76.1 Å². The summed E-state index contributed by atoms with van der Waals surface area (Å²) in [5.74, 6) is 0.502. The molecule has 2 heterocycles. The van der Waals surface area contributed by atoms with Crippen molar-refractivity contribution >= 4 is 17.1 Å². The van der Waals surface area contributed by atoms with E-state index < -0.39 is 0 Å². The van der Waals surface area contributed by atoms with Crippen LogP contribution in [0.3, 0.4) is 0 Å². The van der Waals surface area contributed by atoms with Crippen LogP contribution in [0.25, 0.3) is 0 Å². The van der Waals surface area contributed by atoms with E-state index in [1.54, 1.807) is 0 Å². The van der Waals surface area contributed by atoms with Crippen LogP contribution < -0.4 is 5.73 Å². The lowest BCUT2D eigenvalue weighted by Crippen LogP contribution is -2.26. The van der Waals surface area contributed by atoms with E-state index >= 15 is 0 Å². The lowest BCUT2D eigenvalue weighted by Gasteiger charge is -2.30. The molecule has 1 aliphatic heterocycles. The SMILES string of the molecule is N#CC1=C(N)OC2=C(C(=O)CCC2)[C@H]1c1cccs1. The zero-order valence-electron chi connectivity index (χ0n) is 10.2. The minimum Gasteiger partial charge on any atom is -0.444 e. The summed E-state index contributed by atoms with van der Waals surface area (Å²) in [6.45, 7) is 0. The Hall–Kier alpha value is -2.06. The highest BCUT2D eigenvalue weighted by Crippen LogP contribution is 2.44. The van der Waals surface area contributed by atoms with Gasteiger partial charge in [0.1, 0.15) is 17.4 Å². The number of rotatable bonds is 1. The van der Waals surface area contributed by atoms with Crippen molar-refractivity contribution in [2.45, 2.75) is 25.2 Å². The maximum Gasteiger partial charge on any atom is 0.205 e. The third-order valence-electron chi connectivity index (χ3n) is 3.43. The lowest BCUT2D eigenvalue weighted by molar-refractivity contribution is -0.116. The van der Waals surface area contributed by atoms with Crippen molar-refractivity contribution in [2.24, 2.45) is 5.73 Å². The molecule has 1 aromatic rings. The average Bonchev–Trinajstić information content (AvgIpc) is 2.91. The normalized spacial score (nSPS) is 22.9. The maximum absolute atomic E-state index is 12.2. The molecule has 0 spiro atoms. The van der Waals surface area contributed by atoms with Gasteiger partial charge < -0.3 is 10.5 Å². The molecule has 0 fully saturated rings. The Morgan fingerprint density at radius 3 is 3.00 bits per heavy atom. The smallest absolute Gasteiger partial charge is 0.205 e. The van der Waals surface area contributed by atoms with Crippen molar-refractivity contribution in [1.82, 2.24) is 0 Å². The van der Waals surface area contributed by atoms with Crippen molar-refractivity contribution in [2.75, 3.05) is 0 Å². The van der Waals surface area contributed by atoms with E-state index in [1.807, 2.05) is 17.5 Å². The molecule has 5 heteroatoms. The molecule has 0 saturated carbocycles. The highest BCUT2D eigenvalue weighted by molar-refractivity contribution is 7.10. The number of hydrogen-bond donors (Lipinski definition) is 1. The zero-order chi connectivity index (χ0) is 13.4. The lowest BCUT2D eigenvalue weighted by atomic mass is 9.80. The van der Waals surface area contributed by atoms with Gasteiger partial charge in [-0.3, -0.25) is 4.79 Å². The first-order chi connectivity index (χ1) is 9.22. The Labute approximate surface area is 114 Å². The number of hydrogen-bond acceptors (Lipinski definition) is 5. The number of nitrogens with two attached hydrogens (primary N) is 1. The van der Waals surface area contributed by atoms with E-state index in [9.17, 15) is 10.1 Å². The molecule has 0 bridgehead atoms. The van der Waals surface area contributed by atoms with Crippen molar-refractivity contribution < 1.29 is 9.53 Å². The molecular weight excluding hydrogens is 260 g/mol. The van der Waals surface area contributed by atoms with Gasteiger partial charge in [0.25, 0.3) is 0 Å². The number of nitriles is 1. The molecule has 1 aromatic heterocycles. The summed E-state index contributed by atoms with van der Waals surface area (Å²) in [6, 6.07) is 5.93. The molecule has 4 nitrogen and oxygen atoms in total. The molecule has 0 radical (unpaired) electrons. The van der Waals surface area contributed by atoms with Gasteiger partial charge in [-0.25, -0.2) is 0 Å². The summed E-state index contributed by atoms with van der Waals surface area (Å²) in [5.41, 5.74) is 6.80. The first-order valence-corrected chi connectivity index (χ1v) is 6.97. The first kappa shape index (κ1) is 12.0. The highest BCUT2D eigenvalue weighted by atomic mass is 32.1. The van der Waals surface area contributed by atoms with Crippen LogP contribution in [0.2, 0.25) is 0 Å². The predicted octanol–water partition coefficient (Wildman–Crippen LogP) is 2.56. The van der Waals surface area contributed by atoms with Gasteiger partial charge in [-0.05, 0) is 17.9 Å². The minimum atomic E-state index is -0.346. The van der Waals surface area contributed by atoms with Crippen molar-refractivity contribution in [3.63, 3.8) is 0 Å². The van der Waals surface area contributed by atoms with Crippen molar-refractivity contribution in [3.8, 4) is 6.07 Å². The standard InChI is InChI=1S/C14H12N2O2S/c15-7-8-12(11-5-2-6-19-11)13-9(17)3-1-4-10(13)18-14(8)16/h2,5-6,12H,1,3-4,16H2/t12-/m1/s1. The number of allylic oxidation sites excluding steroid dienone is 3. The van der Waals surface area contributed by atoms with Crippen LogP contribution in [0.5, 0.6) is 0 Å². The first-order valence-electron chi connectivity index (χ1n) is 6.09. The van der Waals surface area contributed by atoms with E-state index in [4.69, 9.17) is 10.5 Å². The van der Waals surface area contributed by atoms with Gasteiger partial charge >= 0.3 is 0 Å². The molecule has 0 saturated heterocycles. The second kappa shape index (κ2) is 4.56. The number of ketones is 1. The Balaban J connectivity index is 2.18. The van der Waals surface area contributed by atoms with E-state index in [0.717, 1.165) is 11.3 Å². The number of carbonyl (C=O) groups is 1. The van der Waals surface area contributed by atoms with Crippen LogP contribution in [-0.2, 0) is 9.53 Å². The Kier molecular flexibility index (Phi) is 2.88. The van der Waals surface area contributed by atoms with E-state index in [-0.39, 0.29) is 17.6 Å². The fourth-order valence-electron chi connectivity index (χ4n) is 2.60. The summed E-state index contributed by atoms with van der Waals surface area (Å²) >= 11 is 1.53. The summed E-state index contributed by atoms with van der Waals surface area (Å²) in [5, 5.41) is 11.2. The molecule has 1 atom stereocenters. The van der Waals surface area contributed by atoms with Gasteiger partial charge in [-0.2, -0.15) is 5.26 Å². The second-order valence-corrected chi connectivity index (χ2v) is 5.53. The predicted molar refractivity (Wildman–Crippen MR) is 70.9 cm³/mol. The fraction of sp³-hybridized carbons (Fsp3) is 0.286. The molecule has 1 aliphatic carbocycles. The number of nitrogens with zero attached hydrogens (tertiary/aromatic N) is 1. The quantitative estimate of drug-likeness (QED) is 0.852. The van der Waals surface area contributed by atoms with Crippen LogP contribution in [0.4, 0.5) is 0 Å². The summed E-state index contributed by atoms with van der Waals surface area (Å²) < 4.78 is 5.49. The van der Waals surface area contributed by atoms with Crippen LogP contribution in [-0.4, -0.2) is 5.78 Å².